The molecule has 1 aromatic rings. The largest absolute Gasteiger partial charge is 0.497 e. The molecule has 2 N–H and O–H groups in total. The van der Waals surface area contributed by atoms with Gasteiger partial charge in [0.1, 0.15) is 5.75 Å². The molecular formula is C14H21NO4S. The number of hydrogen-bond donors (Lipinski definition) is 2. The van der Waals surface area contributed by atoms with Gasteiger partial charge in [-0.05, 0) is 30.5 Å². The molecule has 0 heterocycles. The van der Waals surface area contributed by atoms with Crippen LogP contribution in [0.2, 0.25) is 0 Å². The van der Waals surface area contributed by atoms with Gasteiger partial charge in [0, 0.05) is 21.2 Å². The summed E-state index contributed by atoms with van der Waals surface area (Å²) in [5.74, 6) is -0.310. The van der Waals surface area contributed by atoms with Gasteiger partial charge in [-0.1, -0.05) is 19.1 Å². The smallest absolute Gasteiger partial charge is 0.306 e. The molecular weight excluding hydrogens is 278 g/mol. The van der Waals surface area contributed by atoms with E-state index in [0.717, 1.165) is 11.3 Å². The maximum absolute atomic E-state index is 12.1. The highest BCUT2D eigenvalue weighted by molar-refractivity contribution is 7.92. The molecule has 5 nitrogen and oxygen atoms in total. The Labute approximate surface area is 119 Å². The van der Waals surface area contributed by atoms with E-state index in [2.05, 4.69) is 0 Å². The van der Waals surface area contributed by atoms with Gasteiger partial charge in [-0.2, -0.15) is 0 Å². The van der Waals surface area contributed by atoms with Crippen LogP contribution in [0, 0.1) is 10.7 Å². The molecule has 0 saturated carbocycles. The molecule has 112 valence electrons. The first-order chi connectivity index (χ1) is 9.34. The predicted molar refractivity (Wildman–Crippen MR) is 78.7 cm³/mol. The third kappa shape index (κ3) is 5.61. The van der Waals surface area contributed by atoms with Crippen LogP contribution >= 0.6 is 0 Å². The van der Waals surface area contributed by atoms with Crippen LogP contribution in [0.4, 0.5) is 0 Å². The maximum Gasteiger partial charge on any atom is 0.306 e. The zero-order chi connectivity index (χ0) is 15.2. The normalized spacial score (nSPS) is 15.3. The minimum Gasteiger partial charge on any atom is -0.497 e. The molecule has 2 atom stereocenters. The summed E-state index contributed by atoms with van der Waals surface area (Å²) in [5, 5.41) is 8.77. The highest BCUT2D eigenvalue weighted by Gasteiger charge is 2.15. The molecule has 1 unspecified atom stereocenters. The summed E-state index contributed by atoms with van der Waals surface area (Å²) >= 11 is 0. The second-order valence-corrected chi connectivity index (χ2v) is 7.29. The SMILES string of the molecule is COc1ccc(CCS(=N)(=O)CC[C@H](C)C(=O)O)cc1. The van der Waals surface area contributed by atoms with Crippen molar-refractivity contribution in [2.75, 3.05) is 18.6 Å². The lowest BCUT2D eigenvalue weighted by Gasteiger charge is -2.10. The number of nitrogens with one attached hydrogen (secondary N) is 1. The van der Waals surface area contributed by atoms with Crippen molar-refractivity contribution in [3.63, 3.8) is 0 Å². The molecule has 0 aliphatic carbocycles. The molecule has 0 aliphatic rings. The summed E-state index contributed by atoms with van der Waals surface area (Å²) in [6.07, 6.45) is 0.827. The van der Waals surface area contributed by atoms with Gasteiger partial charge in [-0.3, -0.25) is 9.57 Å². The van der Waals surface area contributed by atoms with Crippen molar-refractivity contribution in [1.29, 1.82) is 4.78 Å². The molecule has 0 aromatic heterocycles. The third-order valence-corrected chi connectivity index (χ3v) is 4.94. The third-order valence-electron chi connectivity index (χ3n) is 3.18. The van der Waals surface area contributed by atoms with Crippen LogP contribution in [0.5, 0.6) is 5.75 Å². The maximum atomic E-state index is 12.1. The number of methoxy groups -OCH3 is 1. The van der Waals surface area contributed by atoms with Gasteiger partial charge in [0.15, 0.2) is 0 Å². The average molecular weight is 299 g/mol. The number of hydrogen-bond acceptors (Lipinski definition) is 4. The van der Waals surface area contributed by atoms with E-state index in [4.69, 9.17) is 14.6 Å². The highest BCUT2D eigenvalue weighted by Crippen LogP contribution is 2.13. The first-order valence-electron chi connectivity index (χ1n) is 6.44. The fraction of sp³-hybridized carbons (Fsp3) is 0.500. The van der Waals surface area contributed by atoms with Crippen LogP contribution < -0.4 is 4.74 Å². The van der Waals surface area contributed by atoms with Crippen molar-refractivity contribution in [3.05, 3.63) is 29.8 Å². The molecule has 0 saturated heterocycles. The van der Waals surface area contributed by atoms with Crippen molar-refractivity contribution < 1.29 is 18.8 Å². The Balaban J connectivity index is 2.48. The van der Waals surface area contributed by atoms with Gasteiger partial charge >= 0.3 is 5.97 Å². The summed E-state index contributed by atoms with van der Waals surface area (Å²) in [6, 6.07) is 7.42. The quantitative estimate of drug-likeness (QED) is 0.771. The fourth-order valence-electron chi connectivity index (χ4n) is 1.67. The van der Waals surface area contributed by atoms with Gasteiger partial charge in [0.05, 0.1) is 13.0 Å². The van der Waals surface area contributed by atoms with Crippen LogP contribution in [0.3, 0.4) is 0 Å². The van der Waals surface area contributed by atoms with E-state index >= 15 is 0 Å². The Morgan fingerprint density at radius 2 is 1.95 bits per heavy atom. The lowest BCUT2D eigenvalue weighted by Crippen LogP contribution is -2.17. The Hall–Kier alpha value is -1.56. The molecule has 0 radical (unpaired) electrons. The van der Waals surface area contributed by atoms with Crippen molar-refractivity contribution in [2.24, 2.45) is 5.92 Å². The second-order valence-electron chi connectivity index (χ2n) is 4.85. The minimum absolute atomic E-state index is 0.136. The molecule has 0 bridgehead atoms. The summed E-state index contributed by atoms with van der Waals surface area (Å²) in [7, 11) is -1.13. The summed E-state index contributed by atoms with van der Waals surface area (Å²) in [6.45, 7) is 1.57. The van der Waals surface area contributed by atoms with E-state index in [1.807, 2.05) is 24.3 Å². The van der Waals surface area contributed by atoms with E-state index in [-0.39, 0.29) is 17.9 Å². The zero-order valence-corrected chi connectivity index (χ0v) is 12.6. The number of benzene rings is 1. The number of carbonyl (C=O) groups is 1. The first-order valence-corrected chi connectivity index (χ1v) is 8.33. The van der Waals surface area contributed by atoms with Gasteiger partial charge in [-0.15, -0.1) is 0 Å². The minimum atomic E-state index is -2.72. The number of aryl methyl sites for hydroxylation is 1. The monoisotopic (exact) mass is 299 g/mol. The van der Waals surface area contributed by atoms with Crippen LogP contribution in [0.15, 0.2) is 24.3 Å². The molecule has 6 heteroatoms. The molecule has 20 heavy (non-hydrogen) atoms. The van der Waals surface area contributed by atoms with Crippen molar-refractivity contribution in [2.45, 2.75) is 19.8 Å². The van der Waals surface area contributed by atoms with Crippen LogP contribution in [0.1, 0.15) is 18.9 Å². The van der Waals surface area contributed by atoms with Crippen LogP contribution in [-0.2, 0) is 20.9 Å². The van der Waals surface area contributed by atoms with Crippen molar-refractivity contribution in [3.8, 4) is 5.75 Å². The molecule has 0 aliphatic heterocycles. The van der Waals surface area contributed by atoms with Gasteiger partial charge in [0.25, 0.3) is 0 Å². The van der Waals surface area contributed by atoms with Crippen LogP contribution in [-0.4, -0.2) is 33.9 Å². The van der Waals surface area contributed by atoms with E-state index in [1.54, 1.807) is 14.0 Å². The zero-order valence-electron chi connectivity index (χ0n) is 11.8. The lowest BCUT2D eigenvalue weighted by atomic mass is 10.1. The number of ether oxygens (including phenoxy) is 1. The number of rotatable bonds is 8. The van der Waals surface area contributed by atoms with Gasteiger partial charge in [0.2, 0.25) is 0 Å². The van der Waals surface area contributed by atoms with E-state index in [9.17, 15) is 9.00 Å². The van der Waals surface area contributed by atoms with Crippen LogP contribution in [0.25, 0.3) is 0 Å². The summed E-state index contributed by atoms with van der Waals surface area (Å²) in [4.78, 5) is 10.7. The van der Waals surface area contributed by atoms with Crippen molar-refractivity contribution >= 4 is 15.7 Å². The Kier molecular flexibility index (Phi) is 6.01. The average Bonchev–Trinajstić information content (AvgIpc) is 2.43. The number of aliphatic carboxylic acids is 1. The molecule has 0 fully saturated rings. The van der Waals surface area contributed by atoms with E-state index < -0.39 is 21.6 Å². The number of carboxylic acid groups (broad SMARTS) is 1. The first kappa shape index (κ1) is 16.5. The molecule has 1 aromatic carbocycles. The highest BCUT2D eigenvalue weighted by atomic mass is 32.2. The summed E-state index contributed by atoms with van der Waals surface area (Å²) < 4.78 is 24.9. The van der Waals surface area contributed by atoms with Gasteiger partial charge in [-0.25, -0.2) is 4.21 Å². The lowest BCUT2D eigenvalue weighted by molar-refractivity contribution is -0.141. The Morgan fingerprint density at radius 1 is 1.35 bits per heavy atom. The topological polar surface area (TPSA) is 87.5 Å². The Morgan fingerprint density at radius 3 is 2.45 bits per heavy atom. The Bertz CT molecular complexity index is 537. The van der Waals surface area contributed by atoms with Gasteiger partial charge < -0.3 is 9.84 Å². The molecule has 1 rings (SSSR count). The van der Waals surface area contributed by atoms with E-state index in [1.165, 1.54) is 0 Å². The second kappa shape index (κ2) is 7.28. The van der Waals surface area contributed by atoms with E-state index in [0.29, 0.717) is 6.42 Å². The summed E-state index contributed by atoms with van der Waals surface area (Å²) in [5.41, 5.74) is 0.997. The molecule has 0 amide bonds. The van der Waals surface area contributed by atoms with Crippen molar-refractivity contribution in [1.82, 2.24) is 0 Å². The standard InChI is InChI=1S/C14H21NO4S/c1-11(14(16)17)7-9-20(15,18)10-8-12-3-5-13(19-2)6-4-12/h3-6,11,15H,7-10H2,1-2H3,(H,16,17)/t11-,20?/m0/s1. The number of carboxylic acids is 1. The fourth-order valence-corrected chi connectivity index (χ4v) is 3.17. The molecule has 0 spiro atoms. The predicted octanol–water partition coefficient (Wildman–Crippen LogP) is 2.40.